The lowest BCUT2D eigenvalue weighted by Gasteiger charge is -2.12. The Balaban J connectivity index is 1.73. The summed E-state index contributed by atoms with van der Waals surface area (Å²) in [4.78, 5) is 23.4. The first-order chi connectivity index (χ1) is 13.4. The Morgan fingerprint density at radius 2 is 1.54 bits per heavy atom. The molecule has 0 unspecified atom stereocenters. The molecule has 3 rings (SSSR count). The van der Waals surface area contributed by atoms with E-state index < -0.39 is 23.5 Å². The maximum Gasteiger partial charge on any atom is 0.335 e. The fourth-order valence-electron chi connectivity index (χ4n) is 2.44. The summed E-state index contributed by atoms with van der Waals surface area (Å²) in [6.07, 6.45) is 0. The van der Waals surface area contributed by atoms with Gasteiger partial charge < -0.3 is 15.2 Å². The Morgan fingerprint density at radius 3 is 2.18 bits per heavy atom. The fraction of sp³-hybridized carbons (Fsp3) is 0.0476. The van der Waals surface area contributed by atoms with Crippen LogP contribution in [0.4, 0.5) is 8.78 Å². The number of carbonyl (C=O) groups excluding carboxylic acids is 1. The molecule has 5 nitrogen and oxygen atoms in total. The second kappa shape index (κ2) is 8.30. The largest absolute Gasteiger partial charge is 0.478 e. The topological polar surface area (TPSA) is 75.6 Å². The molecule has 142 valence electrons. The molecule has 0 atom stereocenters. The number of rotatable bonds is 6. The van der Waals surface area contributed by atoms with Crippen molar-refractivity contribution in [2.75, 3.05) is 0 Å². The highest BCUT2D eigenvalue weighted by atomic mass is 19.1. The quantitative estimate of drug-likeness (QED) is 0.662. The Bertz CT molecular complexity index is 1000. The second-order valence-corrected chi connectivity index (χ2v) is 5.88. The predicted molar refractivity (Wildman–Crippen MR) is 97.4 cm³/mol. The lowest BCUT2D eigenvalue weighted by Crippen LogP contribution is -2.23. The smallest absolute Gasteiger partial charge is 0.335 e. The van der Waals surface area contributed by atoms with E-state index in [1.54, 1.807) is 12.1 Å². The third kappa shape index (κ3) is 4.70. The molecule has 0 aliphatic carbocycles. The zero-order chi connectivity index (χ0) is 20.1. The van der Waals surface area contributed by atoms with Crippen LogP contribution in [0, 0.1) is 11.6 Å². The van der Waals surface area contributed by atoms with Gasteiger partial charge in [-0.05, 0) is 54.1 Å². The van der Waals surface area contributed by atoms with Gasteiger partial charge in [0.25, 0.3) is 5.91 Å². The van der Waals surface area contributed by atoms with Crippen LogP contribution in [0.15, 0.2) is 66.7 Å². The Hall–Kier alpha value is -3.74. The standard InChI is InChI=1S/C21H15F2NO4/c22-15-5-8-17(9-6-15)28-19-11-16(23)7-10-18(19)20(25)24-12-13-1-3-14(4-2-13)21(26)27/h1-11H,12H2,(H,24,25)(H,26,27). The zero-order valence-electron chi connectivity index (χ0n) is 14.5. The number of aromatic carboxylic acids is 1. The van der Waals surface area contributed by atoms with Gasteiger partial charge in [0, 0.05) is 12.6 Å². The monoisotopic (exact) mass is 383 g/mol. The molecule has 0 saturated carbocycles. The SMILES string of the molecule is O=C(O)c1ccc(CNC(=O)c2ccc(F)cc2Oc2ccc(F)cc2)cc1. The van der Waals surface area contributed by atoms with E-state index in [2.05, 4.69) is 5.32 Å². The van der Waals surface area contributed by atoms with Gasteiger partial charge in [-0.25, -0.2) is 13.6 Å². The molecule has 0 heterocycles. The summed E-state index contributed by atoms with van der Waals surface area (Å²) in [5, 5.41) is 11.6. The summed E-state index contributed by atoms with van der Waals surface area (Å²) < 4.78 is 32.2. The van der Waals surface area contributed by atoms with Gasteiger partial charge in [0.2, 0.25) is 0 Å². The van der Waals surface area contributed by atoms with Crippen molar-refractivity contribution < 1.29 is 28.2 Å². The molecule has 0 spiro atoms. The van der Waals surface area contributed by atoms with Crippen LogP contribution in [-0.4, -0.2) is 17.0 Å². The highest BCUT2D eigenvalue weighted by Gasteiger charge is 2.15. The van der Waals surface area contributed by atoms with E-state index in [1.807, 2.05) is 0 Å². The summed E-state index contributed by atoms with van der Waals surface area (Å²) in [6.45, 7) is 0.145. The third-order valence-corrected chi connectivity index (χ3v) is 3.88. The van der Waals surface area contributed by atoms with Crippen LogP contribution in [0.25, 0.3) is 0 Å². The van der Waals surface area contributed by atoms with Crippen LogP contribution in [0.3, 0.4) is 0 Å². The molecule has 0 radical (unpaired) electrons. The van der Waals surface area contributed by atoms with Gasteiger partial charge in [-0.2, -0.15) is 0 Å². The lowest BCUT2D eigenvalue weighted by atomic mass is 10.1. The first-order valence-electron chi connectivity index (χ1n) is 8.26. The number of halogens is 2. The number of carboxylic acid groups (broad SMARTS) is 1. The third-order valence-electron chi connectivity index (χ3n) is 3.88. The minimum absolute atomic E-state index is 0.00895. The molecule has 7 heteroatoms. The Morgan fingerprint density at radius 1 is 0.893 bits per heavy atom. The number of carbonyl (C=O) groups is 2. The van der Waals surface area contributed by atoms with E-state index in [0.29, 0.717) is 5.56 Å². The number of hydrogen-bond acceptors (Lipinski definition) is 3. The first-order valence-corrected chi connectivity index (χ1v) is 8.26. The molecule has 0 saturated heterocycles. The summed E-state index contributed by atoms with van der Waals surface area (Å²) in [6, 6.07) is 14.7. The molecule has 28 heavy (non-hydrogen) atoms. The summed E-state index contributed by atoms with van der Waals surface area (Å²) in [5.74, 6) is -2.32. The van der Waals surface area contributed by atoms with E-state index in [1.165, 1.54) is 42.5 Å². The van der Waals surface area contributed by atoms with Crippen LogP contribution in [-0.2, 0) is 6.54 Å². The minimum atomic E-state index is -1.04. The molecular formula is C21H15F2NO4. The number of hydrogen-bond donors (Lipinski definition) is 2. The van der Waals surface area contributed by atoms with Crippen molar-refractivity contribution in [2.45, 2.75) is 6.54 Å². The summed E-state index contributed by atoms with van der Waals surface area (Å²) in [7, 11) is 0. The summed E-state index contributed by atoms with van der Waals surface area (Å²) >= 11 is 0. The van der Waals surface area contributed by atoms with Crippen molar-refractivity contribution in [3.63, 3.8) is 0 Å². The van der Waals surface area contributed by atoms with Crippen molar-refractivity contribution in [2.24, 2.45) is 0 Å². The average Bonchev–Trinajstić information content (AvgIpc) is 2.68. The molecule has 0 bridgehead atoms. The van der Waals surface area contributed by atoms with Gasteiger partial charge in [-0.3, -0.25) is 4.79 Å². The van der Waals surface area contributed by atoms with E-state index >= 15 is 0 Å². The van der Waals surface area contributed by atoms with Crippen molar-refractivity contribution in [3.05, 3.63) is 95.1 Å². The van der Waals surface area contributed by atoms with Crippen molar-refractivity contribution in [1.82, 2.24) is 5.32 Å². The molecule has 0 aliphatic rings. The average molecular weight is 383 g/mol. The molecule has 3 aromatic rings. The fourth-order valence-corrected chi connectivity index (χ4v) is 2.44. The zero-order valence-corrected chi connectivity index (χ0v) is 14.5. The molecular weight excluding hydrogens is 368 g/mol. The van der Waals surface area contributed by atoms with Crippen LogP contribution in [0.2, 0.25) is 0 Å². The number of ether oxygens (including phenoxy) is 1. The number of amides is 1. The predicted octanol–water partition coefficient (Wildman–Crippen LogP) is 4.39. The second-order valence-electron chi connectivity index (χ2n) is 5.88. The van der Waals surface area contributed by atoms with Crippen molar-refractivity contribution in [1.29, 1.82) is 0 Å². The van der Waals surface area contributed by atoms with E-state index in [4.69, 9.17) is 9.84 Å². The van der Waals surface area contributed by atoms with Gasteiger partial charge in [-0.1, -0.05) is 12.1 Å². The Kier molecular flexibility index (Phi) is 5.64. The van der Waals surface area contributed by atoms with Crippen LogP contribution in [0.1, 0.15) is 26.3 Å². The Labute approximate surface area is 159 Å². The molecule has 3 aromatic carbocycles. The van der Waals surface area contributed by atoms with Crippen molar-refractivity contribution in [3.8, 4) is 11.5 Å². The highest BCUT2D eigenvalue weighted by Crippen LogP contribution is 2.26. The van der Waals surface area contributed by atoms with Crippen LogP contribution in [0.5, 0.6) is 11.5 Å². The molecule has 0 aliphatic heterocycles. The van der Waals surface area contributed by atoms with Crippen LogP contribution >= 0.6 is 0 Å². The van der Waals surface area contributed by atoms with Gasteiger partial charge in [0.15, 0.2) is 0 Å². The first kappa shape index (κ1) is 19.0. The maximum absolute atomic E-state index is 13.6. The molecule has 2 N–H and O–H groups in total. The number of benzene rings is 3. The molecule has 1 amide bonds. The van der Waals surface area contributed by atoms with E-state index in [9.17, 15) is 18.4 Å². The molecule has 0 fully saturated rings. The summed E-state index contributed by atoms with van der Waals surface area (Å²) in [5.41, 5.74) is 0.943. The number of carboxylic acids is 1. The van der Waals surface area contributed by atoms with E-state index in [-0.39, 0.29) is 29.2 Å². The normalized spacial score (nSPS) is 10.4. The van der Waals surface area contributed by atoms with Crippen LogP contribution < -0.4 is 10.1 Å². The number of nitrogens with one attached hydrogen (secondary N) is 1. The lowest BCUT2D eigenvalue weighted by molar-refractivity contribution is 0.0696. The van der Waals surface area contributed by atoms with Gasteiger partial charge in [-0.15, -0.1) is 0 Å². The van der Waals surface area contributed by atoms with E-state index in [0.717, 1.165) is 12.1 Å². The van der Waals surface area contributed by atoms with Gasteiger partial charge in [0.05, 0.1) is 11.1 Å². The molecule has 0 aromatic heterocycles. The maximum atomic E-state index is 13.6. The highest BCUT2D eigenvalue weighted by molar-refractivity contribution is 5.97. The van der Waals surface area contributed by atoms with Crippen molar-refractivity contribution >= 4 is 11.9 Å². The van der Waals surface area contributed by atoms with Gasteiger partial charge in [0.1, 0.15) is 23.1 Å². The minimum Gasteiger partial charge on any atom is -0.478 e. The van der Waals surface area contributed by atoms with Gasteiger partial charge >= 0.3 is 5.97 Å².